The van der Waals surface area contributed by atoms with E-state index in [1.54, 1.807) is 19.1 Å². The van der Waals surface area contributed by atoms with Gasteiger partial charge in [-0.25, -0.2) is 4.39 Å². The van der Waals surface area contributed by atoms with Crippen molar-refractivity contribution in [1.82, 2.24) is 0 Å². The molecule has 8 heteroatoms. The normalized spacial score (nSPS) is 19.9. The first kappa shape index (κ1) is 20.4. The number of benzene rings is 1. The molecule has 0 bridgehead atoms. The van der Waals surface area contributed by atoms with Crippen LogP contribution >= 0.6 is 0 Å². The molecule has 0 N–H and O–H groups in total. The van der Waals surface area contributed by atoms with Crippen LogP contribution in [0.3, 0.4) is 0 Å². The SMILES string of the molecule is CCOC(=O)C1CCCN(c2c(N3CCN(c4ccc(F)cc4)CC3)c(=O)c2=O)C1. The summed E-state index contributed by atoms with van der Waals surface area (Å²) < 4.78 is 18.3. The molecule has 2 aromatic carbocycles. The number of halogens is 1. The fraction of sp³-hybridized carbons (Fsp3) is 0.500. The Morgan fingerprint density at radius 3 is 2.20 bits per heavy atom. The van der Waals surface area contributed by atoms with Crippen molar-refractivity contribution in [2.24, 2.45) is 5.92 Å². The average molecular weight is 415 g/mol. The molecule has 1 atom stereocenters. The molecule has 1 unspecified atom stereocenters. The Labute approximate surface area is 174 Å². The van der Waals surface area contributed by atoms with E-state index in [4.69, 9.17) is 4.74 Å². The van der Waals surface area contributed by atoms with Crippen molar-refractivity contribution in [3.63, 3.8) is 0 Å². The number of hydrogen-bond donors (Lipinski definition) is 0. The van der Waals surface area contributed by atoms with Crippen LogP contribution in [0.4, 0.5) is 21.5 Å². The summed E-state index contributed by atoms with van der Waals surface area (Å²) in [4.78, 5) is 42.9. The summed E-state index contributed by atoms with van der Waals surface area (Å²) in [5, 5.41) is 0. The van der Waals surface area contributed by atoms with Crippen molar-refractivity contribution in [3.05, 3.63) is 50.5 Å². The maximum Gasteiger partial charge on any atom is 0.310 e. The van der Waals surface area contributed by atoms with Gasteiger partial charge < -0.3 is 19.4 Å². The van der Waals surface area contributed by atoms with Crippen molar-refractivity contribution < 1.29 is 13.9 Å². The van der Waals surface area contributed by atoms with Gasteiger partial charge in [-0.3, -0.25) is 14.4 Å². The number of anilines is 3. The van der Waals surface area contributed by atoms with E-state index in [2.05, 4.69) is 4.90 Å². The molecule has 2 aliphatic rings. The number of esters is 1. The number of carbonyl (C=O) groups excluding carboxylic acids is 1. The maximum absolute atomic E-state index is 13.2. The molecule has 0 saturated carbocycles. The van der Waals surface area contributed by atoms with Crippen molar-refractivity contribution in [3.8, 4) is 0 Å². The molecule has 4 rings (SSSR count). The van der Waals surface area contributed by atoms with Crippen LogP contribution in [0.25, 0.3) is 0 Å². The molecule has 2 saturated heterocycles. The molecule has 30 heavy (non-hydrogen) atoms. The van der Waals surface area contributed by atoms with Crippen LogP contribution in [0.5, 0.6) is 0 Å². The molecular weight excluding hydrogens is 389 g/mol. The van der Waals surface area contributed by atoms with Gasteiger partial charge in [0.05, 0.1) is 12.5 Å². The second-order valence-electron chi connectivity index (χ2n) is 7.84. The summed E-state index contributed by atoms with van der Waals surface area (Å²) in [7, 11) is 0. The summed E-state index contributed by atoms with van der Waals surface area (Å²) in [5.74, 6) is -0.782. The van der Waals surface area contributed by atoms with Crippen LogP contribution in [0.1, 0.15) is 19.8 Å². The van der Waals surface area contributed by atoms with Crippen LogP contribution in [-0.2, 0) is 9.53 Å². The smallest absolute Gasteiger partial charge is 0.310 e. The summed E-state index contributed by atoms with van der Waals surface area (Å²) in [5.41, 5.74) is 0.955. The third kappa shape index (κ3) is 3.78. The molecule has 160 valence electrons. The van der Waals surface area contributed by atoms with Gasteiger partial charge in [0.1, 0.15) is 17.2 Å². The van der Waals surface area contributed by atoms with Gasteiger partial charge in [0, 0.05) is 45.0 Å². The average Bonchev–Trinajstić information content (AvgIpc) is 2.77. The van der Waals surface area contributed by atoms with E-state index in [1.807, 2.05) is 9.80 Å². The minimum Gasteiger partial charge on any atom is -0.466 e. The lowest BCUT2D eigenvalue weighted by molar-refractivity contribution is -0.148. The number of nitrogens with zero attached hydrogens (tertiary/aromatic N) is 3. The fourth-order valence-corrected chi connectivity index (χ4v) is 4.43. The highest BCUT2D eigenvalue weighted by Crippen LogP contribution is 2.30. The van der Waals surface area contributed by atoms with Gasteiger partial charge in [0.25, 0.3) is 10.9 Å². The molecule has 7 nitrogen and oxygen atoms in total. The molecule has 0 aromatic heterocycles. The Balaban J connectivity index is 1.46. The molecule has 0 aliphatic carbocycles. The molecule has 0 amide bonds. The van der Waals surface area contributed by atoms with Crippen molar-refractivity contribution in [2.45, 2.75) is 19.8 Å². The monoisotopic (exact) mass is 415 g/mol. The zero-order valence-electron chi connectivity index (χ0n) is 17.1. The van der Waals surface area contributed by atoms with Crippen molar-refractivity contribution in [1.29, 1.82) is 0 Å². The van der Waals surface area contributed by atoms with E-state index in [-0.39, 0.29) is 17.7 Å². The first-order valence-electron chi connectivity index (χ1n) is 10.5. The summed E-state index contributed by atoms with van der Waals surface area (Å²) in [6, 6.07) is 6.37. The van der Waals surface area contributed by atoms with Gasteiger partial charge >= 0.3 is 5.97 Å². The number of ether oxygens (including phenoxy) is 1. The standard InChI is InChI=1S/C22H26FN3O4/c1-2-30-22(29)15-4-3-9-26(14-15)19-18(20(27)21(19)28)25-12-10-24(11-13-25)17-7-5-16(23)6-8-17/h5-8,15H,2-4,9-14H2,1H3. The van der Waals surface area contributed by atoms with Crippen LogP contribution in [0.15, 0.2) is 33.9 Å². The minimum absolute atomic E-state index is 0.240. The van der Waals surface area contributed by atoms with Gasteiger partial charge in [-0.1, -0.05) is 0 Å². The molecular formula is C22H26FN3O4. The first-order chi connectivity index (χ1) is 14.5. The molecule has 0 spiro atoms. The Bertz CT molecular complexity index is 975. The zero-order chi connectivity index (χ0) is 21.3. The van der Waals surface area contributed by atoms with E-state index in [0.29, 0.717) is 57.3 Å². The van der Waals surface area contributed by atoms with Gasteiger partial charge in [-0.05, 0) is 44.0 Å². The summed E-state index contributed by atoms with van der Waals surface area (Å²) >= 11 is 0. The van der Waals surface area contributed by atoms with E-state index < -0.39 is 10.9 Å². The fourth-order valence-electron chi connectivity index (χ4n) is 4.43. The highest BCUT2D eigenvalue weighted by Gasteiger charge is 2.35. The third-order valence-electron chi connectivity index (χ3n) is 6.01. The predicted molar refractivity (Wildman–Crippen MR) is 114 cm³/mol. The van der Waals surface area contributed by atoms with Crippen LogP contribution in [0.2, 0.25) is 0 Å². The van der Waals surface area contributed by atoms with E-state index >= 15 is 0 Å². The summed E-state index contributed by atoms with van der Waals surface area (Å²) in [6.07, 6.45) is 1.51. The molecule has 2 aromatic rings. The molecule has 0 radical (unpaired) electrons. The van der Waals surface area contributed by atoms with Gasteiger partial charge in [0.2, 0.25) is 0 Å². The van der Waals surface area contributed by atoms with Gasteiger partial charge in [-0.2, -0.15) is 0 Å². The van der Waals surface area contributed by atoms with Crippen LogP contribution in [0, 0.1) is 11.7 Å². The minimum atomic E-state index is -0.463. The van der Waals surface area contributed by atoms with E-state index in [1.165, 1.54) is 12.1 Å². The largest absolute Gasteiger partial charge is 0.466 e. The molecule has 2 fully saturated rings. The van der Waals surface area contributed by atoms with Gasteiger partial charge in [-0.15, -0.1) is 0 Å². The lowest BCUT2D eigenvalue weighted by Crippen LogP contribution is -2.54. The van der Waals surface area contributed by atoms with Crippen molar-refractivity contribution >= 4 is 23.0 Å². The number of piperidine rings is 1. The van der Waals surface area contributed by atoms with Gasteiger partial charge in [0.15, 0.2) is 0 Å². The summed E-state index contributed by atoms with van der Waals surface area (Å²) in [6.45, 7) is 5.73. The maximum atomic E-state index is 13.2. The Hall–Kier alpha value is -2.90. The van der Waals surface area contributed by atoms with Crippen LogP contribution < -0.4 is 25.6 Å². The third-order valence-corrected chi connectivity index (χ3v) is 6.01. The lowest BCUT2D eigenvalue weighted by atomic mass is 9.96. The molecule has 2 heterocycles. The highest BCUT2D eigenvalue weighted by molar-refractivity contribution is 5.79. The second kappa shape index (κ2) is 8.45. The number of rotatable bonds is 5. The number of piperazine rings is 1. The Kier molecular flexibility index (Phi) is 5.74. The van der Waals surface area contributed by atoms with E-state index in [0.717, 1.165) is 18.5 Å². The second-order valence-corrected chi connectivity index (χ2v) is 7.84. The van der Waals surface area contributed by atoms with E-state index in [9.17, 15) is 18.8 Å². The molecule has 2 aliphatic heterocycles. The Morgan fingerprint density at radius 1 is 0.967 bits per heavy atom. The van der Waals surface area contributed by atoms with Crippen molar-refractivity contribution in [2.75, 3.05) is 60.6 Å². The topological polar surface area (TPSA) is 70.2 Å². The first-order valence-corrected chi connectivity index (χ1v) is 10.5. The number of hydrogen-bond acceptors (Lipinski definition) is 7. The number of carbonyl (C=O) groups is 1. The zero-order valence-corrected chi connectivity index (χ0v) is 17.1. The lowest BCUT2D eigenvalue weighted by Gasteiger charge is -2.41. The van der Waals surface area contributed by atoms with Crippen LogP contribution in [-0.4, -0.2) is 51.8 Å². The quantitative estimate of drug-likeness (QED) is 0.542. The Morgan fingerprint density at radius 2 is 1.57 bits per heavy atom. The highest BCUT2D eigenvalue weighted by atomic mass is 19.1. The predicted octanol–water partition coefficient (Wildman–Crippen LogP) is 1.53.